The molecule has 0 amide bonds. The molecule has 2 saturated carbocycles. The van der Waals surface area contributed by atoms with Crippen LogP contribution >= 0.6 is 0 Å². The van der Waals surface area contributed by atoms with Crippen LogP contribution in [0.15, 0.2) is 0 Å². The van der Waals surface area contributed by atoms with Crippen molar-refractivity contribution in [3.63, 3.8) is 0 Å². The number of rotatable bonds is 5. The Labute approximate surface area is 107 Å². The second-order valence-electron chi connectivity index (χ2n) is 6.55. The summed E-state index contributed by atoms with van der Waals surface area (Å²) in [5.41, 5.74) is 0. The fourth-order valence-corrected chi connectivity index (χ4v) is 3.55. The molecule has 2 heteroatoms. The Bertz CT molecular complexity index is 223. The van der Waals surface area contributed by atoms with Crippen LogP contribution in [0.4, 0.5) is 0 Å². The van der Waals surface area contributed by atoms with E-state index in [4.69, 9.17) is 4.74 Å². The Morgan fingerprint density at radius 3 is 2.53 bits per heavy atom. The SMILES string of the molecule is COC1CC(NC2CCCC(CC(C)C)C2)C1. The minimum Gasteiger partial charge on any atom is -0.381 e. The molecule has 0 radical (unpaired) electrons. The first-order valence-electron chi connectivity index (χ1n) is 7.46. The molecule has 0 aromatic rings. The van der Waals surface area contributed by atoms with Gasteiger partial charge < -0.3 is 10.1 Å². The Morgan fingerprint density at radius 1 is 1.12 bits per heavy atom. The lowest BCUT2D eigenvalue weighted by atomic mass is 9.79. The van der Waals surface area contributed by atoms with Gasteiger partial charge in [0.1, 0.15) is 0 Å². The first-order chi connectivity index (χ1) is 8.17. The standard InChI is InChI=1S/C15H29NO/c1-11(2)7-12-5-4-6-13(8-12)16-14-9-15(10-14)17-3/h11-16H,4-10H2,1-3H3. The summed E-state index contributed by atoms with van der Waals surface area (Å²) in [6, 6.07) is 1.53. The molecule has 0 heterocycles. The molecule has 0 bridgehead atoms. The molecule has 2 rings (SSSR count). The maximum atomic E-state index is 5.34. The van der Waals surface area contributed by atoms with Crippen LogP contribution in [0.25, 0.3) is 0 Å². The van der Waals surface area contributed by atoms with Gasteiger partial charge >= 0.3 is 0 Å². The summed E-state index contributed by atoms with van der Waals surface area (Å²) < 4.78 is 5.34. The minimum atomic E-state index is 0.530. The lowest BCUT2D eigenvalue weighted by molar-refractivity contribution is 0.0116. The molecule has 17 heavy (non-hydrogen) atoms. The Hall–Kier alpha value is -0.0800. The van der Waals surface area contributed by atoms with Gasteiger partial charge in [-0.25, -0.2) is 0 Å². The van der Waals surface area contributed by atoms with Gasteiger partial charge in [-0.2, -0.15) is 0 Å². The lowest BCUT2D eigenvalue weighted by Crippen LogP contribution is -2.50. The van der Waals surface area contributed by atoms with E-state index in [-0.39, 0.29) is 0 Å². The third-order valence-electron chi connectivity index (χ3n) is 4.49. The van der Waals surface area contributed by atoms with Crippen LogP contribution in [0.3, 0.4) is 0 Å². The van der Waals surface area contributed by atoms with Crippen molar-refractivity contribution < 1.29 is 4.74 Å². The molecule has 0 saturated heterocycles. The van der Waals surface area contributed by atoms with Gasteiger partial charge in [0.25, 0.3) is 0 Å². The fraction of sp³-hybridized carbons (Fsp3) is 1.00. The van der Waals surface area contributed by atoms with E-state index in [2.05, 4.69) is 19.2 Å². The van der Waals surface area contributed by atoms with E-state index in [1.165, 1.54) is 44.9 Å². The molecule has 0 aromatic carbocycles. The normalized spacial score (nSPS) is 38.1. The van der Waals surface area contributed by atoms with Crippen LogP contribution < -0.4 is 5.32 Å². The van der Waals surface area contributed by atoms with Crippen molar-refractivity contribution in [1.82, 2.24) is 5.32 Å². The Kier molecular flexibility index (Phi) is 4.87. The number of nitrogens with one attached hydrogen (secondary N) is 1. The lowest BCUT2D eigenvalue weighted by Gasteiger charge is -2.40. The van der Waals surface area contributed by atoms with Gasteiger partial charge in [0.2, 0.25) is 0 Å². The quantitative estimate of drug-likeness (QED) is 0.794. The zero-order chi connectivity index (χ0) is 12.3. The van der Waals surface area contributed by atoms with Gasteiger partial charge in [-0.05, 0) is 43.9 Å². The number of hydrogen-bond donors (Lipinski definition) is 1. The molecule has 2 atom stereocenters. The zero-order valence-corrected chi connectivity index (χ0v) is 11.7. The highest BCUT2D eigenvalue weighted by molar-refractivity contribution is 4.90. The molecular weight excluding hydrogens is 210 g/mol. The van der Waals surface area contributed by atoms with E-state index in [0.717, 1.165) is 23.9 Å². The predicted molar refractivity (Wildman–Crippen MR) is 72.2 cm³/mol. The van der Waals surface area contributed by atoms with Gasteiger partial charge in [0.15, 0.2) is 0 Å². The van der Waals surface area contributed by atoms with Crippen LogP contribution in [0.5, 0.6) is 0 Å². The molecule has 2 unspecified atom stereocenters. The van der Waals surface area contributed by atoms with Crippen molar-refractivity contribution >= 4 is 0 Å². The summed E-state index contributed by atoms with van der Waals surface area (Å²) in [4.78, 5) is 0. The summed E-state index contributed by atoms with van der Waals surface area (Å²) in [5, 5.41) is 3.84. The number of hydrogen-bond acceptors (Lipinski definition) is 2. The summed E-state index contributed by atoms with van der Waals surface area (Å²) in [5.74, 6) is 1.83. The van der Waals surface area contributed by atoms with E-state index in [0.29, 0.717) is 6.10 Å². The summed E-state index contributed by atoms with van der Waals surface area (Å²) in [7, 11) is 1.83. The summed E-state index contributed by atoms with van der Waals surface area (Å²) >= 11 is 0. The number of methoxy groups -OCH3 is 1. The van der Waals surface area contributed by atoms with Gasteiger partial charge in [-0.15, -0.1) is 0 Å². The Balaban J connectivity index is 1.67. The van der Waals surface area contributed by atoms with Crippen LogP contribution in [-0.4, -0.2) is 25.3 Å². The average molecular weight is 239 g/mol. The van der Waals surface area contributed by atoms with E-state index in [1.54, 1.807) is 0 Å². The van der Waals surface area contributed by atoms with Gasteiger partial charge in [0.05, 0.1) is 6.10 Å². The molecule has 0 aliphatic heterocycles. The highest BCUT2D eigenvalue weighted by Gasteiger charge is 2.32. The fourth-order valence-electron chi connectivity index (χ4n) is 3.55. The average Bonchev–Trinajstić information content (AvgIpc) is 2.22. The van der Waals surface area contributed by atoms with Crippen molar-refractivity contribution in [2.45, 2.75) is 77.0 Å². The molecule has 100 valence electrons. The third kappa shape index (κ3) is 3.96. The van der Waals surface area contributed by atoms with Crippen molar-refractivity contribution in [1.29, 1.82) is 0 Å². The molecule has 2 nitrogen and oxygen atoms in total. The van der Waals surface area contributed by atoms with Crippen LogP contribution in [0.1, 0.15) is 58.8 Å². The Morgan fingerprint density at radius 2 is 1.88 bits per heavy atom. The van der Waals surface area contributed by atoms with E-state index >= 15 is 0 Å². The molecule has 2 fully saturated rings. The second-order valence-corrected chi connectivity index (χ2v) is 6.55. The van der Waals surface area contributed by atoms with Crippen molar-refractivity contribution in [3.8, 4) is 0 Å². The summed E-state index contributed by atoms with van der Waals surface area (Å²) in [6.45, 7) is 4.71. The zero-order valence-electron chi connectivity index (χ0n) is 11.7. The highest BCUT2D eigenvalue weighted by atomic mass is 16.5. The van der Waals surface area contributed by atoms with E-state index in [1.807, 2.05) is 7.11 Å². The van der Waals surface area contributed by atoms with Gasteiger partial charge in [0, 0.05) is 19.2 Å². The van der Waals surface area contributed by atoms with Gasteiger partial charge in [-0.1, -0.05) is 26.7 Å². The third-order valence-corrected chi connectivity index (χ3v) is 4.49. The largest absolute Gasteiger partial charge is 0.381 e. The van der Waals surface area contributed by atoms with Crippen molar-refractivity contribution in [2.75, 3.05) is 7.11 Å². The molecule has 0 aromatic heterocycles. The minimum absolute atomic E-state index is 0.530. The predicted octanol–water partition coefficient (Wildman–Crippen LogP) is 3.36. The maximum absolute atomic E-state index is 5.34. The molecule has 2 aliphatic rings. The van der Waals surface area contributed by atoms with Crippen molar-refractivity contribution in [2.24, 2.45) is 11.8 Å². The molecule has 1 N–H and O–H groups in total. The van der Waals surface area contributed by atoms with E-state index < -0.39 is 0 Å². The molecule has 2 aliphatic carbocycles. The first kappa shape index (κ1) is 13.4. The van der Waals surface area contributed by atoms with Crippen LogP contribution in [0, 0.1) is 11.8 Å². The van der Waals surface area contributed by atoms with E-state index in [9.17, 15) is 0 Å². The number of ether oxygens (including phenoxy) is 1. The maximum Gasteiger partial charge on any atom is 0.0601 e. The van der Waals surface area contributed by atoms with Gasteiger partial charge in [-0.3, -0.25) is 0 Å². The van der Waals surface area contributed by atoms with Crippen LogP contribution in [0.2, 0.25) is 0 Å². The second kappa shape index (κ2) is 6.19. The highest BCUT2D eigenvalue weighted by Crippen LogP contribution is 2.31. The van der Waals surface area contributed by atoms with Crippen LogP contribution in [-0.2, 0) is 4.74 Å². The smallest absolute Gasteiger partial charge is 0.0601 e. The monoisotopic (exact) mass is 239 g/mol. The summed E-state index contributed by atoms with van der Waals surface area (Å²) in [6.07, 6.45) is 10.1. The topological polar surface area (TPSA) is 21.3 Å². The first-order valence-corrected chi connectivity index (χ1v) is 7.46. The van der Waals surface area contributed by atoms with Crippen molar-refractivity contribution in [3.05, 3.63) is 0 Å². The molecule has 0 spiro atoms. The molecular formula is C15H29NO.